The largest absolute Gasteiger partial charge is 1.00 e. The monoisotopic (exact) mass is 442 g/mol. The number of benzene rings is 2. The lowest BCUT2D eigenvalue weighted by Gasteiger charge is -2.13. The van der Waals surface area contributed by atoms with Gasteiger partial charge in [-0.2, -0.15) is 0 Å². The minimum Gasteiger partial charge on any atom is -1.00 e. The summed E-state index contributed by atoms with van der Waals surface area (Å²) in [5.74, 6) is 0. The van der Waals surface area contributed by atoms with Gasteiger partial charge in [0, 0.05) is 31.9 Å². The first-order chi connectivity index (χ1) is 11.6. The van der Waals surface area contributed by atoms with E-state index < -0.39 is 0 Å². The number of anilines is 1. The van der Waals surface area contributed by atoms with E-state index in [9.17, 15) is 0 Å². The van der Waals surface area contributed by atoms with E-state index >= 15 is 0 Å². The van der Waals surface area contributed by atoms with Crippen LogP contribution in [-0.4, -0.2) is 14.1 Å². The van der Waals surface area contributed by atoms with E-state index in [0.29, 0.717) is 0 Å². The van der Waals surface area contributed by atoms with Crippen molar-refractivity contribution < 1.29 is 28.5 Å². The van der Waals surface area contributed by atoms with Crippen LogP contribution in [0.5, 0.6) is 0 Å². The van der Waals surface area contributed by atoms with Crippen LogP contribution in [0.4, 0.5) is 5.69 Å². The van der Waals surface area contributed by atoms with Crippen molar-refractivity contribution in [3.05, 3.63) is 84.2 Å². The minimum absolute atomic E-state index is 0. The van der Waals surface area contributed by atoms with Crippen molar-refractivity contribution in [2.45, 2.75) is 0 Å². The van der Waals surface area contributed by atoms with Gasteiger partial charge in [-0.3, -0.25) is 0 Å². The van der Waals surface area contributed by atoms with Crippen LogP contribution in [0.2, 0.25) is 0 Å². The predicted molar refractivity (Wildman–Crippen MR) is 104 cm³/mol. The van der Waals surface area contributed by atoms with Crippen molar-refractivity contribution in [2.24, 2.45) is 7.05 Å². The van der Waals surface area contributed by atoms with Crippen LogP contribution in [0.25, 0.3) is 22.9 Å². The highest BCUT2D eigenvalue weighted by Crippen LogP contribution is 2.22. The quantitative estimate of drug-likeness (QED) is 0.337. The van der Waals surface area contributed by atoms with Crippen LogP contribution in [0, 0.1) is 0 Å². The minimum atomic E-state index is 0. The van der Waals surface area contributed by atoms with Gasteiger partial charge in [0.15, 0.2) is 12.4 Å². The molecule has 2 nitrogen and oxygen atoms in total. The highest BCUT2D eigenvalue weighted by Gasteiger charge is 1.98. The Labute approximate surface area is 167 Å². The summed E-state index contributed by atoms with van der Waals surface area (Å²) in [6.07, 6.45) is 12.5. The molecule has 0 unspecified atom stereocenters. The molecule has 0 aliphatic rings. The number of hydrogen-bond acceptors (Lipinski definition) is 1. The summed E-state index contributed by atoms with van der Waals surface area (Å²) >= 11 is 0. The van der Waals surface area contributed by atoms with Gasteiger partial charge in [-0.15, -0.1) is 0 Å². The molecule has 3 aromatic rings. The summed E-state index contributed by atoms with van der Waals surface area (Å²) in [4.78, 5) is 2.13. The zero-order valence-corrected chi connectivity index (χ0v) is 17.0. The van der Waals surface area contributed by atoms with Crippen molar-refractivity contribution in [1.29, 1.82) is 0 Å². The van der Waals surface area contributed by atoms with Crippen molar-refractivity contribution in [3.63, 3.8) is 0 Å². The first kappa shape index (κ1) is 19.2. The molecule has 0 aliphatic carbocycles. The molecule has 0 amide bonds. The number of nitrogens with zero attached hydrogens (tertiary/aromatic N) is 2. The van der Waals surface area contributed by atoms with Crippen molar-refractivity contribution >= 4 is 28.6 Å². The van der Waals surface area contributed by atoms with E-state index in [4.69, 9.17) is 0 Å². The number of rotatable bonds is 4. The molecule has 0 atom stereocenters. The van der Waals surface area contributed by atoms with Gasteiger partial charge < -0.3 is 28.9 Å². The maximum atomic E-state index is 2.22. The molecule has 0 radical (unpaired) electrons. The average Bonchev–Trinajstić information content (AvgIpc) is 2.59. The third-order valence-corrected chi connectivity index (χ3v) is 4.06. The third-order valence-electron chi connectivity index (χ3n) is 4.06. The fraction of sp³-hybridized carbons (Fsp3) is 0.136. The molecule has 0 fully saturated rings. The van der Waals surface area contributed by atoms with Gasteiger partial charge in [-0.1, -0.05) is 42.5 Å². The molecule has 2 aromatic carbocycles. The normalized spacial score (nSPS) is 11.2. The second kappa shape index (κ2) is 8.81. The van der Waals surface area contributed by atoms with E-state index in [-0.39, 0.29) is 24.0 Å². The Morgan fingerprint density at radius 3 is 2.04 bits per heavy atom. The van der Waals surface area contributed by atoms with E-state index in [0.717, 1.165) is 0 Å². The molecule has 1 heterocycles. The smallest absolute Gasteiger partial charge is 0.169 e. The van der Waals surface area contributed by atoms with Crippen LogP contribution in [0.3, 0.4) is 0 Å². The van der Waals surface area contributed by atoms with Crippen molar-refractivity contribution in [2.75, 3.05) is 19.0 Å². The number of fused-ring (bicyclic) bond motifs is 1. The molecule has 3 rings (SSSR count). The number of pyridine rings is 1. The van der Waals surface area contributed by atoms with Gasteiger partial charge in [-0.05, 0) is 40.1 Å². The van der Waals surface area contributed by atoms with Gasteiger partial charge in [-0.25, -0.2) is 4.57 Å². The van der Waals surface area contributed by atoms with Crippen LogP contribution in [0.15, 0.2) is 73.1 Å². The maximum Gasteiger partial charge on any atom is 0.169 e. The van der Waals surface area contributed by atoms with E-state index in [1.165, 1.54) is 27.6 Å². The number of allylic oxidation sites excluding steroid dienone is 2. The lowest BCUT2D eigenvalue weighted by Crippen LogP contribution is -3.00. The number of halogens is 1. The molecular formula is C22H23IN2. The van der Waals surface area contributed by atoms with Crippen molar-refractivity contribution in [1.82, 2.24) is 0 Å². The number of hydrogen-bond donors (Lipinski definition) is 0. The summed E-state index contributed by atoms with van der Waals surface area (Å²) in [7, 11) is 6.16. The van der Waals surface area contributed by atoms with Crippen LogP contribution in [-0.2, 0) is 7.05 Å². The molecule has 3 heteroatoms. The Morgan fingerprint density at radius 1 is 0.760 bits per heavy atom. The SMILES string of the molecule is CN(C)c1ccc2cc(/C=C/C=C/c3cc[n+](C)cc3)ccc2c1.[I-]. The second-order valence-electron chi connectivity index (χ2n) is 6.20. The maximum absolute atomic E-state index is 2.22. The van der Waals surface area contributed by atoms with Crippen LogP contribution >= 0.6 is 0 Å². The Hall–Kier alpha value is -2.14. The average molecular weight is 442 g/mol. The van der Waals surface area contributed by atoms with Gasteiger partial charge in [0.25, 0.3) is 0 Å². The molecule has 0 bridgehead atoms. The molecule has 0 aliphatic heterocycles. The Balaban J connectivity index is 0.00000225. The molecule has 0 spiro atoms. The molecule has 1 aromatic heterocycles. The van der Waals surface area contributed by atoms with Crippen molar-refractivity contribution in [3.8, 4) is 0 Å². The highest BCUT2D eigenvalue weighted by molar-refractivity contribution is 5.87. The lowest BCUT2D eigenvalue weighted by atomic mass is 10.1. The van der Waals surface area contributed by atoms with Crippen LogP contribution in [0.1, 0.15) is 11.1 Å². The topological polar surface area (TPSA) is 7.12 Å². The summed E-state index contributed by atoms with van der Waals surface area (Å²) in [5, 5.41) is 2.54. The second-order valence-corrected chi connectivity index (χ2v) is 6.20. The predicted octanol–water partition coefficient (Wildman–Crippen LogP) is 1.46. The zero-order chi connectivity index (χ0) is 16.9. The number of aryl methyl sites for hydroxylation is 1. The fourth-order valence-electron chi connectivity index (χ4n) is 2.59. The molecule has 0 saturated carbocycles. The first-order valence-corrected chi connectivity index (χ1v) is 8.13. The zero-order valence-electron chi connectivity index (χ0n) is 14.9. The molecular weight excluding hydrogens is 419 g/mol. The lowest BCUT2D eigenvalue weighted by molar-refractivity contribution is -0.671. The standard InChI is InChI=1S/C22H23N2.HI/c1-23(2)22-11-10-20-16-19(8-9-21(20)17-22)7-5-4-6-18-12-14-24(3)15-13-18;/h4-17H,1-3H3;1H/q+1;/p-1. The van der Waals surface area contributed by atoms with Crippen LogP contribution < -0.4 is 33.4 Å². The summed E-state index contributed by atoms with van der Waals surface area (Å²) < 4.78 is 2.03. The fourth-order valence-corrected chi connectivity index (χ4v) is 2.59. The molecule has 0 saturated heterocycles. The first-order valence-electron chi connectivity index (χ1n) is 8.13. The highest BCUT2D eigenvalue weighted by atomic mass is 127. The molecule has 25 heavy (non-hydrogen) atoms. The van der Waals surface area contributed by atoms with E-state index in [1.807, 2.05) is 11.6 Å². The summed E-state index contributed by atoms with van der Waals surface area (Å²) in [6.45, 7) is 0. The summed E-state index contributed by atoms with van der Waals surface area (Å²) in [6, 6.07) is 17.3. The van der Waals surface area contributed by atoms with Gasteiger partial charge in [0.2, 0.25) is 0 Å². The van der Waals surface area contributed by atoms with Gasteiger partial charge in [0.1, 0.15) is 7.05 Å². The Bertz CT molecular complexity index is 894. The van der Waals surface area contributed by atoms with Gasteiger partial charge >= 0.3 is 0 Å². The Kier molecular flexibility index (Phi) is 6.76. The van der Waals surface area contributed by atoms with Gasteiger partial charge in [0.05, 0.1) is 0 Å². The third kappa shape index (κ3) is 5.16. The summed E-state index contributed by atoms with van der Waals surface area (Å²) in [5.41, 5.74) is 3.64. The molecule has 0 N–H and O–H groups in total. The Morgan fingerprint density at radius 2 is 1.36 bits per heavy atom. The molecule has 128 valence electrons. The number of aromatic nitrogens is 1. The van der Waals surface area contributed by atoms with E-state index in [1.54, 1.807) is 0 Å². The van der Waals surface area contributed by atoms with E-state index in [2.05, 4.69) is 104 Å².